The normalized spacial score (nSPS) is 11.1. The summed E-state index contributed by atoms with van der Waals surface area (Å²) in [6.45, 7) is 9.33. The number of halogens is 1. The van der Waals surface area contributed by atoms with Crippen LogP contribution < -0.4 is 9.47 Å². The highest BCUT2D eigenvalue weighted by molar-refractivity contribution is 6.32. The van der Waals surface area contributed by atoms with Gasteiger partial charge in [0.25, 0.3) is 0 Å². The van der Waals surface area contributed by atoms with Crippen LogP contribution in [-0.2, 0) is 0 Å². The molecule has 0 spiro atoms. The van der Waals surface area contributed by atoms with Gasteiger partial charge in [0.15, 0.2) is 11.5 Å². The van der Waals surface area contributed by atoms with Gasteiger partial charge in [-0.15, -0.1) is 0 Å². The lowest BCUT2D eigenvalue weighted by molar-refractivity contribution is 0.277. The molecule has 0 atom stereocenters. The molecule has 2 aromatic carbocycles. The van der Waals surface area contributed by atoms with E-state index in [9.17, 15) is 0 Å². The van der Waals surface area contributed by atoms with Crippen LogP contribution in [0.2, 0.25) is 5.02 Å². The molecule has 0 saturated heterocycles. The van der Waals surface area contributed by atoms with Gasteiger partial charge in [0.2, 0.25) is 0 Å². The molecule has 0 amide bonds. The molecule has 0 aliphatic heterocycles. The van der Waals surface area contributed by atoms with Gasteiger partial charge < -0.3 is 14.5 Å². The highest BCUT2D eigenvalue weighted by atomic mass is 35.5. The van der Waals surface area contributed by atoms with E-state index in [0.29, 0.717) is 29.7 Å². The van der Waals surface area contributed by atoms with Crippen LogP contribution in [0.1, 0.15) is 31.4 Å². The molecule has 1 heterocycles. The number of hydrogen-bond acceptors (Lipinski definition) is 3. The lowest BCUT2D eigenvalue weighted by Crippen LogP contribution is -2.01. The molecular weight excluding hydrogens is 336 g/mol. The van der Waals surface area contributed by atoms with Crippen molar-refractivity contribution in [3.63, 3.8) is 0 Å². The monoisotopic (exact) mass is 358 g/mol. The SMILES string of the molecule is CCCOc1c(Cl)cc(-c2nc3cc(C)c(C)cc3[nH]2)cc1OCC. The highest BCUT2D eigenvalue weighted by Gasteiger charge is 2.15. The van der Waals surface area contributed by atoms with Crippen LogP contribution in [0.3, 0.4) is 0 Å². The van der Waals surface area contributed by atoms with E-state index >= 15 is 0 Å². The predicted molar refractivity (Wildman–Crippen MR) is 103 cm³/mol. The summed E-state index contributed by atoms with van der Waals surface area (Å²) in [6, 6.07) is 8.00. The molecule has 0 unspecified atom stereocenters. The Morgan fingerprint density at radius 1 is 1.04 bits per heavy atom. The van der Waals surface area contributed by atoms with Gasteiger partial charge in [0.1, 0.15) is 5.82 Å². The summed E-state index contributed by atoms with van der Waals surface area (Å²) in [5.74, 6) is 2.01. The molecule has 132 valence electrons. The van der Waals surface area contributed by atoms with Gasteiger partial charge in [0, 0.05) is 5.56 Å². The van der Waals surface area contributed by atoms with Gasteiger partial charge in [-0.1, -0.05) is 18.5 Å². The zero-order valence-corrected chi connectivity index (χ0v) is 15.8. The van der Waals surface area contributed by atoms with E-state index in [1.54, 1.807) is 0 Å². The maximum atomic E-state index is 6.46. The van der Waals surface area contributed by atoms with Gasteiger partial charge >= 0.3 is 0 Å². The number of benzene rings is 2. The molecule has 3 aromatic rings. The lowest BCUT2D eigenvalue weighted by atomic mass is 10.1. The Hall–Kier alpha value is -2.20. The van der Waals surface area contributed by atoms with Crippen LogP contribution in [0.5, 0.6) is 11.5 Å². The second kappa shape index (κ2) is 7.36. The van der Waals surface area contributed by atoms with Crippen molar-refractivity contribution in [2.24, 2.45) is 0 Å². The molecule has 0 fully saturated rings. The Morgan fingerprint density at radius 3 is 2.52 bits per heavy atom. The molecular formula is C20H23ClN2O2. The standard InChI is InChI=1S/C20H23ClN2O2/c1-5-7-25-19-15(21)10-14(11-18(19)24-6-2)20-22-16-8-12(3)13(4)9-17(16)23-20/h8-11H,5-7H2,1-4H3,(H,22,23). The van der Waals surface area contributed by atoms with Crippen molar-refractivity contribution in [1.82, 2.24) is 9.97 Å². The molecule has 0 radical (unpaired) electrons. The molecule has 0 aliphatic rings. The Kier molecular flexibility index (Phi) is 5.19. The Balaban J connectivity index is 2.07. The second-order valence-electron chi connectivity index (χ2n) is 6.11. The van der Waals surface area contributed by atoms with Crippen molar-refractivity contribution in [3.05, 3.63) is 40.4 Å². The fourth-order valence-electron chi connectivity index (χ4n) is 2.72. The molecule has 1 N–H and O–H groups in total. The van der Waals surface area contributed by atoms with E-state index < -0.39 is 0 Å². The van der Waals surface area contributed by atoms with Crippen molar-refractivity contribution in [2.45, 2.75) is 34.1 Å². The van der Waals surface area contributed by atoms with Crippen molar-refractivity contribution in [1.29, 1.82) is 0 Å². The minimum atomic E-state index is 0.530. The topological polar surface area (TPSA) is 47.1 Å². The molecule has 25 heavy (non-hydrogen) atoms. The summed E-state index contributed by atoms with van der Waals surface area (Å²) < 4.78 is 11.5. The summed E-state index contributed by atoms with van der Waals surface area (Å²) in [6.07, 6.45) is 0.909. The first-order valence-corrected chi connectivity index (χ1v) is 8.97. The first-order chi connectivity index (χ1) is 12.0. The fraction of sp³-hybridized carbons (Fsp3) is 0.350. The number of aromatic nitrogens is 2. The molecule has 4 nitrogen and oxygen atoms in total. The maximum absolute atomic E-state index is 6.46. The number of nitrogens with zero attached hydrogens (tertiary/aromatic N) is 1. The summed E-state index contributed by atoms with van der Waals surface area (Å²) in [4.78, 5) is 8.08. The third kappa shape index (κ3) is 3.59. The van der Waals surface area contributed by atoms with E-state index in [2.05, 4.69) is 37.9 Å². The molecule has 0 saturated carbocycles. The summed E-state index contributed by atoms with van der Waals surface area (Å²) in [5, 5.41) is 0.530. The first-order valence-electron chi connectivity index (χ1n) is 8.60. The number of imidazole rings is 1. The van der Waals surface area contributed by atoms with Crippen LogP contribution in [-0.4, -0.2) is 23.2 Å². The fourth-order valence-corrected chi connectivity index (χ4v) is 2.98. The van der Waals surface area contributed by atoms with Crippen molar-refractivity contribution < 1.29 is 9.47 Å². The van der Waals surface area contributed by atoms with Crippen molar-refractivity contribution >= 4 is 22.6 Å². The number of rotatable bonds is 6. The lowest BCUT2D eigenvalue weighted by Gasteiger charge is -2.14. The van der Waals surface area contributed by atoms with Crippen LogP contribution in [0.25, 0.3) is 22.4 Å². The largest absolute Gasteiger partial charge is 0.490 e. The average Bonchev–Trinajstić information content (AvgIpc) is 2.97. The summed E-state index contributed by atoms with van der Waals surface area (Å²) in [7, 11) is 0. The number of H-pyrrole nitrogens is 1. The molecule has 0 bridgehead atoms. The van der Waals surface area contributed by atoms with E-state index in [-0.39, 0.29) is 0 Å². The van der Waals surface area contributed by atoms with Crippen LogP contribution >= 0.6 is 11.6 Å². The third-order valence-electron chi connectivity index (χ3n) is 4.13. The number of hydrogen-bond donors (Lipinski definition) is 1. The van der Waals surface area contributed by atoms with Gasteiger partial charge in [-0.05, 0) is 62.6 Å². The van der Waals surface area contributed by atoms with Crippen LogP contribution in [0, 0.1) is 13.8 Å². The third-order valence-corrected chi connectivity index (χ3v) is 4.41. The minimum absolute atomic E-state index is 0.530. The first kappa shape index (κ1) is 17.6. The smallest absolute Gasteiger partial charge is 0.179 e. The molecule has 1 aromatic heterocycles. The van der Waals surface area contributed by atoms with Crippen molar-refractivity contribution in [3.8, 4) is 22.9 Å². The predicted octanol–water partition coefficient (Wildman–Crippen LogP) is 5.69. The van der Waals surface area contributed by atoms with Crippen molar-refractivity contribution in [2.75, 3.05) is 13.2 Å². The highest BCUT2D eigenvalue weighted by Crippen LogP contribution is 2.39. The summed E-state index contributed by atoms with van der Waals surface area (Å²) in [5.41, 5.74) is 5.29. The molecule has 3 rings (SSSR count). The number of nitrogens with one attached hydrogen (secondary N) is 1. The average molecular weight is 359 g/mol. The quantitative estimate of drug-likeness (QED) is 0.615. The Bertz CT molecular complexity index is 863. The van der Waals surface area contributed by atoms with E-state index in [4.69, 9.17) is 26.1 Å². The number of aromatic amines is 1. The Morgan fingerprint density at radius 2 is 1.80 bits per heavy atom. The second-order valence-corrected chi connectivity index (χ2v) is 6.51. The summed E-state index contributed by atoms with van der Waals surface area (Å²) >= 11 is 6.46. The minimum Gasteiger partial charge on any atom is -0.490 e. The van der Waals surface area contributed by atoms with E-state index in [1.165, 1.54) is 11.1 Å². The van der Waals surface area contributed by atoms with Crippen LogP contribution in [0.4, 0.5) is 0 Å². The molecule has 0 aliphatic carbocycles. The van der Waals surface area contributed by atoms with E-state index in [0.717, 1.165) is 28.8 Å². The van der Waals surface area contributed by atoms with Gasteiger partial charge in [-0.2, -0.15) is 0 Å². The van der Waals surface area contributed by atoms with E-state index in [1.807, 2.05) is 19.1 Å². The zero-order chi connectivity index (χ0) is 18.0. The number of aryl methyl sites for hydroxylation is 2. The number of fused-ring (bicyclic) bond motifs is 1. The maximum Gasteiger partial charge on any atom is 0.179 e. The van der Waals surface area contributed by atoms with Crippen LogP contribution in [0.15, 0.2) is 24.3 Å². The van der Waals surface area contributed by atoms with Gasteiger partial charge in [-0.25, -0.2) is 4.98 Å². The Labute approximate surface area is 153 Å². The number of ether oxygens (including phenoxy) is 2. The van der Waals surface area contributed by atoms with Gasteiger partial charge in [0.05, 0.1) is 29.3 Å². The molecule has 5 heteroatoms. The zero-order valence-electron chi connectivity index (χ0n) is 15.1. The van der Waals surface area contributed by atoms with Gasteiger partial charge in [-0.3, -0.25) is 0 Å².